The van der Waals surface area contributed by atoms with Crippen LogP contribution in [-0.4, -0.2) is 15.0 Å². The van der Waals surface area contributed by atoms with Crippen LogP contribution in [0.25, 0.3) is 22.4 Å². The lowest BCUT2D eigenvalue weighted by Crippen LogP contribution is -2.03. The molecule has 110 valence electrons. The largest absolute Gasteiger partial charge is 0.396 e. The zero-order valence-corrected chi connectivity index (χ0v) is 11.3. The minimum Gasteiger partial charge on any atom is -0.396 e. The second-order valence-electron chi connectivity index (χ2n) is 4.58. The fraction of sp³-hybridized carbons (Fsp3) is 0. The summed E-state index contributed by atoms with van der Waals surface area (Å²) in [4.78, 5) is 11.6. The molecule has 0 saturated heterocycles. The summed E-state index contributed by atoms with van der Waals surface area (Å²) < 4.78 is 28.1. The number of aromatic nitrogens is 3. The molecule has 0 amide bonds. The number of nitrogen functional groups attached to an aromatic ring is 2. The van der Waals surface area contributed by atoms with Gasteiger partial charge in [0.1, 0.15) is 5.82 Å². The summed E-state index contributed by atoms with van der Waals surface area (Å²) in [7, 11) is 0. The summed E-state index contributed by atoms with van der Waals surface area (Å²) >= 11 is 0. The molecule has 0 aromatic carbocycles. The van der Waals surface area contributed by atoms with Gasteiger partial charge in [0.2, 0.25) is 0 Å². The van der Waals surface area contributed by atoms with Gasteiger partial charge < -0.3 is 11.5 Å². The summed E-state index contributed by atoms with van der Waals surface area (Å²) in [6.45, 7) is 0. The van der Waals surface area contributed by atoms with Gasteiger partial charge in [0.05, 0.1) is 29.3 Å². The molecule has 7 heteroatoms. The van der Waals surface area contributed by atoms with E-state index in [0.717, 1.165) is 12.4 Å². The van der Waals surface area contributed by atoms with E-state index in [2.05, 4.69) is 15.0 Å². The Morgan fingerprint density at radius 3 is 2.32 bits per heavy atom. The molecular weight excluding hydrogens is 288 g/mol. The molecule has 3 heterocycles. The van der Waals surface area contributed by atoms with Gasteiger partial charge in [-0.05, 0) is 18.2 Å². The number of hydrogen-bond acceptors (Lipinski definition) is 5. The van der Waals surface area contributed by atoms with E-state index in [1.165, 1.54) is 12.3 Å². The van der Waals surface area contributed by atoms with Crippen molar-refractivity contribution in [3.8, 4) is 22.4 Å². The van der Waals surface area contributed by atoms with Gasteiger partial charge in [-0.2, -0.15) is 0 Å². The number of pyridine rings is 3. The van der Waals surface area contributed by atoms with Crippen LogP contribution in [0.4, 0.5) is 20.3 Å². The van der Waals surface area contributed by atoms with Gasteiger partial charge >= 0.3 is 0 Å². The first-order chi connectivity index (χ1) is 10.6. The van der Waals surface area contributed by atoms with Crippen molar-refractivity contribution < 1.29 is 8.78 Å². The van der Waals surface area contributed by atoms with Crippen LogP contribution in [0.3, 0.4) is 0 Å². The van der Waals surface area contributed by atoms with E-state index in [9.17, 15) is 8.78 Å². The molecule has 0 unspecified atom stereocenters. The third kappa shape index (κ3) is 2.32. The fourth-order valence-corrected chi connectivity index (χ4v) is 2.13. The molecule has 4 N–H and O–H groups in total. The smallest absolute Gasteiger partial charge is 0.152 e. The van der Waals surface area contributed by atoms with Crippen molar-refractivity contribution in [1.29, 1.82) is 0 Å². The average Bonchev–Trinajstić information content (AvgIpc) is 2.51. The molecule has 5 nitrogen and oxygen atoms in total. The number of nitrogens with zero attached hydrogens (tertiary/aromatic N) is 3. The number of anilines is 2. The topological polar surface area (TPSA) is 90.7 Å². The highest BCUT2D eigenvalue weighted by atomic mass is 19.1. The maximum Gasteiger partial charge on any atom is 0.152 e. The van der Waals surface area contributed by atoms with E-state index in [1.54, 1.807) is 18.3 Å². The van der Waals surface area contributed by atoms with E-state index < -0.39 is 11.6 Å². The molecule has 3 aromatic rings. The summed E-state index contributed by atoms with van der Waals surface area (Å²) in [5.41, 5.74) is 12.4. The van der Waals surface area contributed by atoms with Gasteiger partial charge in [-0.15, -0.1) is 0 Å². The minimum atomic E-state index is -0.809. The zero-order valence-electron chi connectivity index (χ0n) is 11.3. The Bertz CT molecular complexity index is 817. The van der Waals surface area contributed by atoms with Crippen LogP contribution in [0.1, 0.15) is 0 Å². The third-order valence-corrected chi connectivity index (χ3v) is 3.14. The van der Waals surface area contributed by atoms with Crippen LogP contribution in [0.15, 0.2) is 43.0 Å². The van der Waals surface area contributed by atoms with Crippen molar-refractivity contribution in [1.82, 2.24) is 15.0 Å². The van der Waals surface area contributed by atoms with Gasteiger partial charge in [-0.1, -0.05) is 0 Å². The summed E-state index contributed by atoms with van der Waals surface area (Å²) in [6.07, 6.45) is 4.96. The molecule has 0 atom stereocenters. The lowest BCUT2D eigenvalue weighted by atomic mass is 9.99. The Labute approximate surface area is 124 Å². The lowest BCUT2D eigenvalue weighted by Gasteiger charge is -2.13. The van der Waals surface area contributed by atoms with Gasteiger partial charge in [-0.3, -0.25) is 9.97 Å². The Morgan fingerprint density at radius 1 is 0.955 bits per heavy atom. The minimum absolute atomic E-state index is 0.0810. The van der Waals surface area contributed by atoms with Gasteiger partial charge in [0, 0.05) is 23.5 Å². The molecule has 3 aromatic heterocycles. The lowest BCUT2D eigenvalue weighted by molar-refractivity contribution is 0.579. The Balaban J connectivity index is 2.34. The molecule has 0 saturated carbocycles. The van der Waals surface area contributed by atoms with Crippen molar-refractivity contribution in [3.05, 3.63) is 54.6 Å². The highest BCUT2D eigenvalue weighted by molar-refractivity contribution is 5.85. The van der Waals surface area contributed by atoms with Crippen molar-refractivity contribution >= 4 is 11.5 Å². The van der Waals surface area contributed by atoms with E-state index in [-0.39, 0.29) is 22.6 Å². The molecule has 3 rings (SSSR count). The van der Waals surface area contributed by atoms with Gasteiger partial charge in [0.15, 0.2) is 11.6 Å². The average molecular weight is 299 g/mol. The normalized spacial score (nSPS) is 10.6. The van der Waals surface area contributed by atoms with Crippen molar-refractivity contribution in [2.45, 2.75) is 0 Å². The molecule has 0 bridgehead atoms. The molecular formula is C15H11F2N5. The molecule has 0 spiro atoms. The number of hydrogen-bond donors (Lipinski definition) is 2. The molecule has 22 heavy (non-hydrogen) atoms. The Morgan fingerprint density at radius 2 is 1.68 bits per heavy atom. The second-order valence-corrected chi connectivity index (χ2v) is 4.58. The van der Waals surface area contributed by atoms with Crippen LogP contribution in [0.5, 0.6) is 0 Å². The zero-order chi connectivity index (χ0) is 15.7. The monoisotopic (exact) mass is 299 g/mol. The summed E-state index contributed by atoms with van der Waals surface area (Å²) in [6, 6.07) is 4.80. The highest BCUT2D eigenvalue weighted by Gasteiger charge is 2.19. The first-order valence-corrected chi connectivity index (χ1v) is 6.33. The van der Waals surface area contributed by atoms with Gasteiger partial charge in [-0.25, -0.2) is 13.8 Å². The quantitative estimate of drug-likeness (QED) is 0.759. The van der Waals surface area contributed by atoms with E-state index in [4.69, 9.17) is 11.5 Å². The van der Waals surface area contributed by atoms with E-state index in [1.807, 2.05) is 0 Å². The summed E-state index contributed by atoms with van der Waals surface area (Å²) in [5.74, 6) is -1.54. The molecule has 0 fully saturated rings. The van der Waals surface area contributed by atoms with Crippen LogP contribution >= 0.6 is 0 Å². The predicted octanol–water partition coefficient (Wildman–Crippen LogP) is 2.65. The predicted molar refractivity (Wildman–Crippen MR) is 79.4 cm³/mol. The first-order valence-electron chi connectivity index (χ1n) is 6.33. The second kappa shape index (κ2) is 5.36. The van der Waals surface area contributed by atoms with Crippen molar-refractivity contribution in [2.24, 2.45) is 0 Å². The van der Waals surface area contributed by atoms with Gasteiger partial charge in [0.25, 0.3) is 0 Å². The maximum absolute atomic E-state index is 14.0. The van der Waals surface area contributed by atoms with E-state index >= 15 is 0 Å². The van der Waals surface area contributed by atoms with Crippen LogP contribution in [0.2, 0.25) is 0 Å². The molecule has 0 radical (unpaired) electrons. The molecule has 0 aliphatic rings. The molecule has 0 aliphatic heterocycles. The van der Waals surface area contributed by atoms with E-state index in [0.29, 0.717) is 11.3 Å². The fourth-order valence-electron chi connectivity index (χ4n) is 2.13. The van der Waals surface area contributed by atoms with Crippen molar-refractivity contribution in [2.75, 3.05) is 11.5 Å². The van der Waals surface area contributed by atoms with Crippen LogP contribution < -0.4 is 11.5 Å². The SMILES string of the molecule is Nc1cc(-c2c(F)cncc2F)c(-c2cccnc2)nc1N. The highest BCUT2D eigenvalue weighted by Crippen LogP contribution is 2.36. The first kappa shape index (κ1) is 13.9. The maximum atomic E-state index is 14.0. The number of halogens is 2. The van der Waals surface area contributed by atoms with Crippen LogP contribution in [0, 0.1) is 11.6 Å². The van der Waals surface area contributed by atoms with Crippen molar-refractivity contribution in [3.63, 3.8) is 0 Å². The Hall–Kier alpha value is -3.09. The third-order valence-electron chi connectivity index (χ3n) is 3.14. The number of nitrogens with two attached hydrogens (primary N) is 2. The molecule has 0 aliphatic carbocycles. The van der Waals surface area contributed by atoms with Crippen LogP contribution in [-0.2, 0) is 0 Å². The standard InChI is InChI=1S/C15H11F2N5/c16-10-6-21-7-11(17)13(10)9-4-12(18)15(19)22-14(9)8-2-1-3-20-5-8/h1-7H,18H2,(H2,19,22). The number of rotatable bonds is 2. The Kier molecular flexibility index (Phi) is 3.38. The summed E-state index contributed by atoms with van der Waals surface area (Å²) in [5, 5.41) is 0.